The van der Waals surface area contributed by atoms with E-state index in [2.05, 4.69) is 284 Å². The third-order valence-electron chi connectivity index (χ3n) is 17.2. The standard InChI is InChI=1S/C43H31N3.C36H23NO/c1-43(2)36-19-11-9-17-32(36)34-26-41-35(25-37(34)43)33-18-10-12-20-40(33)46(41)31-23-21-29(22-24-31)39-27-38(28-13-5-3-6-14-28)44-42(45-39)30-15-7-4-8-16-30;1-3-11-24(12-4-1)26-21-27(25-13-5-2-6-14-25)23-28(22-26)37-32-17-9-7-16-31(32)35-33(37)20-19-30-29-15-8-10-18-34(29)38-36(30)35/h3-27H,1-2H3;1-23H. The van der Waals surface area contributed by atoms with E-state index < -0.39 is 0 Å². The zero-order chi connectivity index (χ0) is 55.9. The molecule has 4 heterocycles. The van der Waals surface area contributed by atoms with E-state index in [-0.39, 0.29) is 5.41 Å². The maximum Gasteiger partial charge on any atom is 0.160 e. The zero-order valence-electron chi connectivity index (χ0n) is 46.4. The molecule has 0 atom stereocenters. The molecule has 0 N–H and O–H groups in total. The van der Waals surface area contributed by atoms with Gasteiger partial charge in [-0.2, -0.15) is 0 Å². The van der Waals surface area contributed by atoms with Crippen LogP contribution in [0.1, 0.15) is 25.0 Å². The summed E-state index contributed by atoms with van der Waals surface area (Å²) in [4.78, 5) is 10.0. The summed E-state index contributed by atoms with van der Waals surface area (Å²) in [6.07, 6.45) is 0. The highest BCUT2D eigenvalue weighted by molar-refractivity contribution is 6.24. The van der Waals surface area contributed by atoms with Crippen LogP contribution in [0, 0.1) is 0 Å². The predicted octanol–water partition coefficient (Wildman–Crippen LogP) is 20.9. The van der Waals surface area contributed by atoms with Crippen molar-refractivity contribution in [3.05, 3.63) is 302 Å². The van der Waals surface area contributed by atoms with Gasteiger partial charge in [-0.3, -0.25) is 0 Å². The van der Waals surface area contributed by atoms with Crippen LogP contribution in [0.2, 0.25) is 0 Å². The second-order valence-corrected chi connectivity index (χ2v) is 22.5. The number of hydrogen-bond donors (Lipinski definition) is 0. The van der Waals surface area contributed by atoms with Crippen LogP contribution in [-0.2, 0) is 5.41 Å². The minimum Gasteiger partial charge on any atom is -0.455 e. The highest BCUT2D eigenvalue weighted by Crippen LogP contribution is 2.51. The molecule has 17 rings (SSSR count). The first-order valence-electron chi connectivity index (χ1n) is 28.8. The van der Waals surface area contributed by atoms with Crippen LogP contribution in [0.3, 0.4) is 0 Å². The maximum absolute atomic E-state index is 6.50. The molecule has 5 heteroatoms. The quantitative estimate of drug-likeness (QED) is 0.160. The maximum atomic E-state index is 6.50. The zero-order valence-corrected chi connectivity index (χ0v) is 46.4. The van der Waals surface area contributed by atoms with Gasteiger partial charge in [-0.25, -0.2) is 9.97 Å². The predicted molar refractivity (Wildman–Crippen MR) is 349 cm³/mol. The lowest BCUT2D eigenvalue weighted by atomic mass is 9.82. The summed E-state index contributed by atoms with van der Waals surface area (Å²) in [5, 5.41) is 7.21. The van der Waals surface area contributed by atoms with Gasteiger partial charge in [0.15, 0.2) is 5.82 Å². The Bertz CT molecular complexity index is 5080. The van der Waals surface area contributed by atoms with Gasteiger partial charge in [-0.15, -0.1) is 0 Å². The molecule has 84 heavy (non-hydrogen) atoms. The lowest BCUT2D eigenvalue weighted by Gasteiger charge is -2.21. The lowest BCUT2D eigenvalue weighted by Crippen LogP contribution is -2.14. The highest BCUT2D eigenvalue weighted by atomic mass is 16.3. The fraction of sp³-hybridized carbons (Fsp3) is 0.0380. The van der Waals surface area contributed by atoms with Gasteiger partial charge in [-0.1, -0.05) is 226 Å². The molecule has 5 nitrogen and oxygen atoms in total. The molecule has 12 aromatic carbocycles. The normalized spacial score (nSPS) is 12.5. The van der Waals surface area contributed by atoms with Crippen molar-refractivity contribution in [3.63, 3.8) is 0 Å². The van der Waals surface area contributed by atoms with Crippen LogP contribution >= 0.6 is 0 Å². The van der Waals surface area contributed by atoms with Gasteiger partial charge in [-0.05, 0) is 123 Å². The van der Waals surface area contributed by atoms with E-state index in [1.54, 1.807) is 0 Å². The van der Waals surface area contributed by atoms with Crippen molar-refractivity contribution in [2.75, 3.05) is 0 Å². The first-order chi connectivity index (χ1) is 41.4. The summed E-state index contributed by atoms with van der Waals surface area (Å²) in [5.41, 5.74) is 24.0. The van der Waals surface area contributed by atoms with Gasteiger partial charge in [0.05, 0.1) is 38.8 Å². The van der Waals surface area contributed by atoms with Crippen molar-refractivity contribution in [3.8, 4) is 78.7 Å². The fourth-order valence-electron chi connectivity index (χ4n) is 13.1. The van der Waals surface area contributed by atoms with Crippen molar-refractivity contribution in [2.24, 2.45) is 0 Å². The molecule has 1 aliphatic carbocycles. The molecular weight excluding hydrogens is 1020 g/mol. The van der Waals surface area contributed by atoms with Gasteiger partial charge in [0.2, 0.25) is 0 Å². The molecule has 0 bridgehead atoms. The SMILES string of the molecule is CC1(C)c2ccccc2-c2cc3c(cc21)c1ccccc1n3-c1ccc(-c2cc(-c3ccccc3)nc(-c3ccccc3)n2)cc1.c1ccc(-c2cc(-c3ccccc3)cc(-n3c4ccccc4c4c5oc6ccccc6c5ccc43)c2)cc1. The molecule has 1 aliphatic rings. The molecule has 396 valence electrons. The van der Waals surface area contributed by atoms with E-state index in [1.807, 2.05) is 30.3 Å². The molecule has 0 aliphatic heterocycles. The Balaban J connectivity index is 0.000000140. The Labute approximate surface area is 486 Å². The molecule has 0 saturated carbocycles. The first kappa shape index (κ1) is 49.0. The largest absolute Gasteiger partial charge is 0.455 e. The Hall–Kier alpha value is -10.9. The summed E-state index contributed by atoms with van der Waals surface area (Å²) in [6.45, 7) is 4.70. The fourth-order valence-corrected chi connectivity index (χ4v) is 13.1. The molecule has 0 amide bonds. The van der Waals surface area contributed by atoms with E-state index >= 15 is 0 Å². The average molecular weight is 1080 g/mol. The number of para-hydroxylation sites is 3. The van der Waals surface area contributed by atoms with Gasteiger partial charge >= 0.3 is 0 Å². The number of aromatic nitrogens is 4. The molecule has 16 aromatic rings. The van der Waals surface area contributed by atoms with E-state index in [4.69, 9.17) is 14.4 Å². The van der Waals surface area contributed by atoms with Crippen LogP contribution in [0.4, 0.5) is 0 Å². The Morgan fingerprint density at radius 1 is 0.310 bits per heavy atom. The van der Waals surface area contributed by atoms with Crippen LogP contribution in [0.25, 0.3) is 144 Å². The molecule has 0 spiro atoms. The highest BCUT2D eigenvalue weighted by Gasteiger charge is 2.36. The summed E-state index contributed by atoms with van der Waals surface area (Å²) < 4.78 is 11.3. The van der Waals surface area contributed by atoms with E-state index in [0.717, 1.165) is 78.1 Å². The summed E-state index contributed by atoms with van der Waals surface area (Å²) in [5.74, 6) is 0.723. The van der Waals surface area contributed by atoms with Crippen LogP contribution in [0.15, 0.2) is 296 Å². The first-order valence-corrected chi connectivity index (χ1v) is 28.8. The van der Waals surface area contributed by atoms with Crippen LogP contribution < -0.4 is 0 Å². The number of nitrogens with zero attached hydrogens (tertiary/aromatic N) is 4. The van der Waals surface area contributed by atoms with E-state index in [9.17, 15) is 0 Å². The smallest absolute Gasteiger partial charge is 0.160 e. The average Bonchev–Trinajstić information content (AvgIpc) is 1.93. The second kappa shape index (κ2) is 19.7. The summed E-state index contributed by atoms with van der Waals surface area (Å²) in [7, 11) is 0. The van der Waals surface area contributed by atoms with Crippen molar-refractivity contribution in [2.45, 2.75) is 19.3 Å². The van der Waals surface area contributed by atoms with Gasteiger partial charge in [0.1, 0.15) is 11.2 Å². The van der Waals surface area contributed by atoms with Gasteiger partial charge in [0.25, 0.3) is 0 Å². The molecule has 0 radical (unpaired) electrons. The number of rotatable bonds is 7. The number of hydrogen-bond acceptors (Lipinski definition) is 3. The summed E-state index contributed by atoms with van der Waals surface area (Å²) in [6, 6.07) is 103. The topological polar surface area (TPSA) is 48.8 Å². The molecule has 4 aromatic heterocycles. The molecule has 0 saturated heterocycles. The van der Waals surface area contributed by atoms with Crippen molar-refractivity contribution in [1.29, 1.82) is 0 Å². The van der Waals surface area contributed by atoms with Crippen molar-refractivity contribution < 1.29 is 4.42 Å². The summed E-state index contributed by atoms with van der Waals surface area (Å²) >= 11 is 0. The Kier molecular flexibility index (Phi) is 11.5. The van der Waals surface area contributed by atoms with Crippen LogP contribution in [-0.4, -0.2) is 19.1 Å². The Morgan fingerprint density at radius 2 is 0.833 bits per heavy atom. The van der Waals surface area contributed by atoms with Gasteiger partial charge < -0.3 is 13.6 Å². The van der Waals surface area contributed by atoms with Crippen molar-refractivity contribution in [1.82, 2.24) is 19.1 Å². The van der Waals surface area contributed by atoms with Crippen molar-refractivity contribution >= 4 is 65.6 Å². The monoisotopic (exact) mass is 1070 g/mol. The third kappa shape index (κ3) is 8.07. The van der Waals surface area contributed by atoms with E-state index in [0.29, 0.717) is 0 Å². The molecular formula is C79H54N4O. The number of furan rings is 1. The lowest BCUT2D eigenvalue weighted by molar-refractivity contribution is 0.661. The number of benzene rings is 12. The van der Waals surface area contributed by atoms with Crippen LogP contribution in [0.5, 0.6) is 0 Å². The second-order valence-electron chi connectivity index (χ2n) is 22.5. The molecule has 0 fully saturated rings. The Morgan fingerprint density at radius 3 is 1.50 bits per heavy atom. The minimum atomic E-state index is -0.0419. The van der Waals surface area contributed by atoms with E-state index in [1.165, 1.54) is 77.2 Å². The number of fused-ring (bicyclic) bond motifs is 13. The van der Waals surface area contributed by atoms with Gasteiger partial charge in [0, 0.05) is 60.4 Å². The minimum absolute atomic E-state index is 0.0419. The molecule has 0 unspecified atom stereocenters. The third-order valence-corrected chi connectivity index (χ3v) is 17.2.